The highest BCUT2D eigenvalue weighted by Crippen LogP contribution is 2.28. The summed E-state index contributed by atoms with van der Waals surface area (Å²) in [6.07, 6.45) is 5.03. The van der Waals surface area contributed by atoms with Gasteiger partial charge in [-0.1, -0.05) is 12.5 Å². The zero-order valence-corrected chi connectivity index (χ0v) is 17.0. The van der Waals surface area contributed by atoms with Crippen LogP contribution in [0.15, 0.2) is 24.3 Å². The number of nitrogens with zero attached hydrogens (tertiary/aromatic N) is 1. The lowest BCUT2D eigenvalue weighted by Gasteiger charge is -2.20. The summed E-state index contributed by atoms with van der Waals surface area (Å²) in [6, 6.07) is 8.39. The van der Waals surface area contributed by atoms with E-state index in [1.54, 1.807) is 7.11 Å². The van der Waals surface area contributed by atoms with Gasteiger partial charge in [0.25, 0.3) is 0 Å². The van der Waals surface area contributed by atoms with E-state index in [1.165, 1.54) is 5.69 Å². The number of hydrogen-bond acceptors (Lipinski definition) is 4. The lowest BCUT2D eigenvalue weighted by atomic mass is 9.99. The molecule has 1 aliphatic carbocycles. The molecule has 1 saturated carbocycles. The van der Waals surface area contributed by atoms with Crippen molar-refractivity contribution in [1.29, 1.82) is 0 Å². The molecule has 0 aromatic heterocycles. The zero-order valence-electron chi connectivity index (χ0n) is 15.4. The molecule has 7 heteroatoms. The minimum absolute atomic E-state index is 0. The Balaban J connectivity index is 0.00000169. The maximum atomic E-state index is 12.1. The van der Waals surface area contributed by atoms with Gasteiger partial charge >= 0.3 is 0 Å². The van der Waals surface area contributed by atoms with Crippen LogP contribution in [0.1, 0.15) is 32.1 Å². The van der Waals surface area contributed by atoms with Gasteiger partial charge in [0.15, 0.2) is 0 Å². The number of rotatable bonds is 6. The Morgan fingerprint density at radius 2 is 2.12 bits per heavy atom. The van der Waals surface area contributed by atoms with E-state index in [1.807, 2.05) is 12.1 Å². The summed E-state index contributed by atoms with van der Waals surface area (Å²) in [6.45, 7) is 2.78. The maximum Gasteiger partial charge on any atom is 0.220 e. The Kier molecular flexibility index (Phi) is 9.55. The van der Waals surface area contributed by atoms with Gasteiger partial charge in [0.2, 0.25) is 5.91 Å². The van der Waals surface area contributed by atoms with Crippen molar-refractivity contribution in [3.63, 3.8) is 0 Å². The summed E-state index contributed by atoms with van der Waals surface area (Å²) < 4.78 is 5.30. The molecule has 0 bridgehead atoms. The van der Waals surface area contributed by atoms with E-state index in [-0.39, 0.29) is 36.8 Å². The van der Waals surface area contributed by atoms with Gasteiger partial charge in [-0.15, -0.1) is 24.8 Å². The molecule has 148 valence electrons. The fraction of sp³-hybridized carbons (Fsp3) is 0.632. The molecular formula is C19H31Cl2N3O2. The summed E-state index contributed by atoms with van der Waals surface area (Å²) >= 11 is 0. The van der Waals surface area contributed by atoms with E-state index in [2.05, 4.69) is 22.3 Å². The molecule has 1 aliphatic heterocycles. The first-order valence-corrected chi connectivity index (χ1v) is 9.07. The first-order chi connectivity index (χ1) is 11.7. The smallest absolute Gasteiger partial charge is 0.220 e. The number of amides is 1. The third-order valence-corrected chi connectivity index (χ3v) is 5.46. The molecule has 0 radical (unpaired) electrons. The van der Waals surface area contributed by atoms with Crippen molar-refractivity contribution in [2.45, 2.75) is 38.1 Å². The summed E-state index contributed by atoms with van der Waals surface area (Å²) in [4.78, 5) is 14.5. The maximum absolute atomic E-state index is 12.1. The van der Waals surface area contributed by atoms with E-state index in [0.717, 1.165) is 51.1 Å². The van der Waals surface area contributed by atoms with Crippen LogP contribution in [0.5, 0.6) is 5.75 Å². The number of nitrogens with two attached hydrogens (primary N) is 1. The average Bonchev–Trinajstić information content (AvgIpc) is 3.23. The number of methoxy groups -OCH3 is 1. The van der Waals surface area contributed by atoms with Crippen LogP contribution in [0.2, 0.25) is 0 Å². The molecule has 1 aromatic rings. The van der Waals surface area contributed by atoms with E-state index >= 15 is 0 Å². The van der Waals surface area contributed by atoms with Crippen molar-refractivity contribution >= 4 is 36.4 Å². The van der Waals surface area contributed by atoms with Crippen LogP contribution in [-0.2, 0) is 4.79 Å². The Morgan fingerprint density at radius 3 is 2.81 bits per heavy atom. The van der Waals surface area contributed by atoms with Crippen molar-refractivity contribution in [3.05, 3.63) is 24.3 Å². The first-order valence-electron chi connectivity index (χ1n) is 9.07. The van der Waals surface area contributed by atoms with Crippen LogP contribution >= 0.6 is 24.8 Å². The topological polar surface area (TPSA) is 67.6 Å². The molecule has 1 saturated heterocycles. The number of hydrogen-bond donors (Lipinski definition) is 2. The highest BCUT2D eigenvalue weighted by atomic mass is 35.5. The Bertz CT molecular complexity index is 573. The van der Waals surface area contributed by atoms with Gasteiger partial charge in [-0.25, -0.2) is 0 Å². The number of anilines is 1. The Morgan fingerprint density at radius 1 is 1.31 bits per heavy atom. The molecular weight excluding hydrogens is 373 g/mol. The Hall–Kier alpha value is -1.17. The largest absolute Gasteiger partial charge is 0.497 e. The fourth-order valence-corrected chi connectivity index (χ4v) is 3.93. The minimum Gasteiger partial charge on any atom is -0.497 e. The number of nitrogens with one attached hydrogen (secondary N) is 1. The fourth-order valence-electron chi connectivity index (χ4n) is 3.93. The van der Waals surface area contributed by atoms with Gasteiger partial charge in [-0.05, 0) is 43.2 Å². The lowest BCUT2D eigenvalue weighted by molar-refractivity contribution is -0.122. The van der Waals surface area contributed by atoms with E-state index in [0.29, 0.717) is 18.3 Å². The van der Waals surface area contributed by atoms with Crippen LogP contribution in [0.4, 0.5) is 5.69 Å². The molecule has 2 aliphatic rings. The summed E-state index contributed by atoms with van der Waals surface area (Å²) in [5.74, 6) is 1.94. The third-order valence-electron chi connectivity index (χ3n) is 5.46. The number of halogens is 2. The molecule has 1 unspecified atom stereocenters. The molecule has 2 fully saturated rings. The van der Waals surface area contributed by atoms with E-state index in [9.17, 15) is 4.79 Å². The zero-order chi connectivity index (χ0) is 16.9. The second-order valence-corrected chi connectivity index (χ2v) is 7.17. The predicted molar refractivity (Wildman–Crippen MR) is 111 cm³/mol. The lowest BCUT2D eigenvalue weighted by Crippen LogP contribution is -2.34. The van der Waals surface area contributed by atoms with Gasteiger partial charge in [-0.2, -0.15) is 0 Å². The van der Waals surface area contributed by atoms with Gasteiger partial charge < -0.3 is 20.7 Å². The number of ether oxygens (including phenoxy) is 1. The van der Waals surface area contributed by atoms with Crippen LogP contribution in [0.25, 0.3) is 0 Å². The highest BCUT2D eigenvalue weighted by molar-refractivity contribution is 5.85. The van der Waals surface area contributed by atoms with Crippen LogP contribution in [0.3, 0.4) is 0 Å². The van der Waals surface area contributed by atoms with Crippen LogP contribution in [-0.4, -0.2) is 38.7 Å². The minimum atomic E-state index is 0. The quantitative estimate of drug-likeness (QED) is 0.765. The second-order valence-electron chi connectivity index (χ2n) is 7.17. The molecule has 3 rings (SSSR count). The Labute approximate surface area is 168 Å². The summed E-state index contributed by atoms with van der Waals surface area (Å²) in [7, 11) is 1.69. The molecule has 26 heavy (non-hydrogen) atoms. The second kappa shape index (κ2) is 10.9. The number of benzene rings is 1. The van der Waals surface area contributed by atoms with Crippen molar-refractivity contribution in [1.82, 2.24) is 5.32 Å². The van der Waals surface area contributed by atoms with E-state index in [4.69, 9.17) is 10.5 Å². The molecule has 0 spiro atoms. The van der Waals surface area contributed by atoms with Crippen LogP contribution < -0.4 is 20.7 Å². The van der Waals surface area contributed by atoms with Gasteiger partial charge in [0, 0.05) is 43.9 Å². The van der Waals surface area contributed by atoms with E-state index < -0.39 is 0 Å². The molecule has 3 N–H and O–H groups in total. The average molecular weight is 404 g/mol. The van der Waals surface area contributed by atoms with Crippen molar-refractivity contribution in [3.8, 4) is 5.75 Å². The molecule has 3 atom stereocenters. The summed E-state index contributed by atoms with van der Waals surface area (Å²) in [5.41, 5.74) is 7.25. The highest BCUT2D eigenvalue weighted by Gasteiger charge is 2.27. The normalized spacial score (nSPS) is 24.5. The predicted octanol–water partition coefficient (Wildman–Crippen LogP) is 3.00. The SMILES string of the molecule is COc1cccc(N2CCC(CNC(=O)C[C@@H]3CCC[C@H]3N)C2)c1.Cl.Cl. The first kappa shape index (κ1) is 22.9. The number of carbonyl (C=O) groups is 1. The molecule has 1 aromatic carbocycles. The van der Waals surface area contributed by atoms with Gasteiger partial charge in [-0.3, -0.25) is 4.79 Å². The van der Waals surface area contributed by atoms with Gasteiger partial charge in [0.05, 0.1) is 7.11 Å². The van der Waals surface area contributed by atoms with Gasteiger partial charge in [0.1, 0.15) is 5.75 Å². The molecule has 5 nitrogen and oxygen atoms in total. The third kappa shape index (κ3) is 5.93. The van der Waals surface area contributed by atoms with Crippen LogP contribution in [0, 0.1) is 11.8 Å². The van der Waals surface area contributed by atoms with Crippen molar-refractivity contribution in [2.24, 2.45) is 17.6 Å². The van der Waals surface area contributed by atoms with Crippen molar-refractivity contribution in [2.75, 3.05) is 31.6 Å². The molecule has 1 amide bonds. The standard InChI is InChI=1S/C19H29N3O2.2ClH/c1-24-17-6-3-5-16(11-17)22-9-8-14(13-22)12-21-19(23)10-15-4-2-7-18(15)20;;/h3,5-6,11,14-15,18H,2,4,7-10,12-13,20H2,1H3,(H,21,23);2*1H/t14?,15-,18+;;/m0../s1. The number of carbonyl (C=O) groups excluding carboxylic acids is 1. The monoisotopic (exact) mass is 403 g/mol. The van der Waals surface area contributed by atoms with Crippen molar-refractivity contribution < 1.29 is 9.53 Å². The summed E-state index contributed by atoms with van der Waals surface area (Å²) in [5, 5.41) is 3.12. The molecule has 1 heterocycles.